The van der Waals surface area contributed by atoms with Gasteiger partial charge in [0.25, 0.3) is 0 Å². The zero-order valence-electron chi connectivity index (χ0n) is 14.9. The van der Waals surface area contributed by atoms with Crippen LogP contribution in [0.5, 0.6) is 0 Å². The van der Waals surface area contributed by atoms with Crippen molar-refractivity contribution in [3.05, 3.63) is 77.5 Å². The third-order valence-electron chi connectivity index (χ3n) is 4.64. The van der Waals surface area contributed by atoms with Crippen molar-refractivity contribution in [3.8, 4) is 5.69 Å². The Kier molecular flexibility index (Phi) is 5.16. The second kappa shape index (κ2) is 7.88. The van der Waals surface area contributed by atoms with Gasteiger partial charge in [-0.15, -0.1) is 0 Å². The summed E-state index contributed by atoms with van der Waals surface area (Å²) in [5.41, 5.74) is 3.83. The van der Waals surface area contributed by atoms with Crippen LogP contribution in [0.3, 0.4) is 0 Å². The minimum absolute atomic E-state index is 0.0384. The van der Waals surface area contributed by atoms with Crippen molar-refractivity contribution in [3.63, 3.8) is 0 Å². The third kappa shape index (κ3) is 4.01. The summed E-state index contributed by atoms with van der Waals surface area (Å²) in [4.78, 5) is 12.5. The van der Waals surface area contributed by atoms with Crippen LogP contribution < -0.4 is 5.32 Å². The summed E-state index contributed by atoms with van der Waals surface area (Å²) in [7, 11) is -0.935. The molecule has 1 aromatic heterocycles. The largest absolute Gasteiger partial charge is 0.310 e. The molecule has 1 aliphatic rings. The highest BCUT2D eigenvalue weighted by molar-refractivity contribution is 7.83. The fourth-order valence-electron chi connectivity index (χ4n) is 3.30. The average molecular weight is 379 g/mol. The Bertz CT molecular complexity index is 968. The highest BCUT2D eigenvalue weighted by Crippen LogP contribution is 2.31. The molecular formula is C21H21N3O2S. The van der Waals surface area contributed by atoms with Crippen molar-refractivity contribution in [1.82, 2.24) is 9.78 Å². The van der Waals surface area contributed by atoms with E-state index in [1.165, 1.54) is 5.56 Å². The summed E-state index contributed by atoms with van der Waals surface area (Å²) >= 11 is 0. The van der Waals surface area contributed by atoms with Gasteiger partial charge in [-0.3, -0.25) is 9.00 Å². The van der Waals surface area contributed by atoms with E-state index in [9.17, 15) is 9.00 Å². The molecule has 27 heavy (non-hydrogen) atoms. The van der Waals surface area contributed by atoms with Gasteiger partial charge in [0, 0.05) is 22.8 Å². The standard InChI is InChI=1S/C21H21N3O2S/c25-20(13-7-10-16-8-3-1-4-9-16)22-21-18-14-27(26)15-19(18)23-24(21)17-11-5-2-6-12-17/h1-6,8-9,11-12H,7,10,13-15H2,(H,22,25)/t27-/m0/s1. The zero-order chi connectivity index (χ0) is 18.6. The lowest BCUT2D eigenvalue weighted by Gasteiger charge is -2.11. The van der Waals surface area contributed by atoms with Gasteiger partial charge in [-0.2, -0.15) is 5.10 Å². The Morgan fingerprint density at radius 1 is 1.04 bits per heavy atom. The molecule has 0 radical (unpaired) electrons. The topological polar surface area (TPSA) is 64.0 Å². The van der Waals surface area contributed by atoms with Crippen molar-refractivity contribution in [2.45, 2.75) is 30.8 Å². The molecule has 0 aliphatic carbocycles. The molecular weight excluding hydrogens is 358 g/mol. The first-order chi connectivity index (χ1) is 13.2. The first kappa shape index (κ1) is 17.7. The first-order valence-corrected chi connectivity index (χ1v) is 10.5. The number of hydrogen-bond acceptors (Lipinski definition) is 3. The van der Waals surface area contributed by atoms with Crippen LogP contribution in [0.2, 0.25) is 0 Å². The molecule has 0 saturated carbocycles. The molecule has 1 amide bonds. The highest BCUT2D eigenvalue weighted by Gasteiger charge is 2.28. The van der Waals surface area contributed by atoms with Gasteiger partial charge >= 0.3 is 0 Å². The van der Waals surface area contributed by atoms with E-state index in [2.05, 4.69) is 22.5 Å². The molecule has 5 nitrogen and oxygen atoms in total. The van der Waals surface area contributed by atoms with Crippen molar-refractivity contribution in [2.75, 3.05) is 5.32 Å². The number of benzene rings is 2. The summed E-state index contributed by atoms with van der Waals surface area (Å²) in [5, 5.41) is 7.62. The van der Waals surface area contributed by atoms with Gasteiger partial charge in [-0.05, 0) is 30.5 Å². The molecule has 0 spiro atoms. The molecule has 1 N–H and O–H groups in total. The average Bonchev–Trinajstić information content (AvgIpc) is 3.20. The molecule has 138 valence electrons. The van der Waals surface area contributed by atoms with Gasteiger partial charge in [0.05, 0.1) is 22.9 Å². The number of aromatic nitrogens is 2. The zero-order valence-corrected chi connectivity index (χ0v) is 15.7. The lowest BCUT2D eigenvalue weighted by molar-refractivity contribution is -0.116. The lowest BCUT2D eigenvalue weighted by atomic mass is 10.1. The number of fused-ring (bicyclic) bond motifs is 1. The van der Waals surface area contributed by atoms with Crippen LogP contribution in [-0.2, 0) is 33.5 Å². The summed E-state index contributed by atoms with van der Waals surface area (Å²) in [6, 6.07) is 19.9. The van der Waals surface area contributed by atoms with Crippen LogP contribution in [0.1, 0.15) is 29.7 Å². The highest BCUT2D eigenvalue weighted by atomic mass is 32.2. The van der Waals surface area contributed by atoms with E-state index in [0.717, 1.165) is 29.8 Å². The normalized spacial score (nSPS) is 15.5. The van der Waals surface area contributed by atoms with Gasteiger partial charge in [0.2, 0.25) is 5.91 Å². The van der Waals surface area contributed by atoms with Crippen LogP contribution in [0.4, 0.5) is 5.82 Å². The van der Waals surface area contributed by atoms with E-state index in [0.29, 0.717) is 23.7 Å². The minimum Gasteiger partial charge on any atom is -0.310 e. The Balaban J connectivity index is 1.49. The van der Waals surface area contributed by atoms with Gasteiger partial charge in [-0.25, -0.2) is 4.68 Å². The van der Waals surface area contributed by atoms with Gasteiger partial charge < -0.3 is 5.32 Å². The van der Waals surface area contributed by atoms with Crippen LogP contribution in [0.25, 0.3) is 5.69 Å². The smallest absolute Gasteiger partial charge is 0.225 e. The Hall–Kier alpha value is -2.73. The van der Waals surface area contributed by atoms with Gasteiger partial charge in [0.1, 0.15) is 5.82 Å². The molecule has 0 saturated heterocycles. The molecule has 1 atom stereocenters. The number of amides is 1. The summed E-state index contributed by atoms with van der Waals surface area (Å²) in [6.45, 7) is 0. The summed E-state index contributed by atoms with van der Waals surface area (Å²) in [6.07, 6.45) is 2.09. The predicted molar refractivity (Wildman–Crippen MR) is 107 cm³/mol. The van der Waals surface area contributed by atoms with E-state index in [1.807, 2.05) is 48.5 Å². The van der Waals surface area contributed by atoms with Gasteiger partial charge in [0.15, 0.2) is 0 Å². The second-order valence-electron chi connectivity index (χ2n) is 6.64. The number of para-hydroxylation sites is 1. The number of anilines is 1. The maximum atomic E-state index is 12.5. The maximum Gasteiger partial charge on any atom is 0.225 e. The predicted octanol–water partition coefficient (Wildman–Crippen LogP) is 3.60. The number of carbonyl (C=O) groups is 1. The molecule has 2 aromatic carbocycles. The molecule has 3 aromatic rings. The van der Waals surface area contributed by atoms with E-state index in [1.54, 1.807) is 4.68 Å². The van der Waals surface area contributed by atoms with Crippen LogP contribution in [-0.4, -0.2) is 19.9 Å². The first-order valence-electron chi connectivity index (χ1n) is 9.05. The summed E-state index contributed by atoms with van der Waals surface area (Å²) in [5.74, 6) is 1.52. The molecule has 6 heteroatoms. The maximum absolute atomic E-state index is 12.5. The number of hydrogen-bond donors (Lipinski definition) is 1. The molecule has 0 bridgehead atoms. The fourth-order valence-corrected chi connectivity index (χ4v) is 4.57. The minimum atomic E-state index is -0.935. The van der Waals surface area contributed by atoms with Crippen LogP contribution >= 0.6 is 0 Å². The molecule has 1 aliphatic heterocycles. The quantitative estimate of drug-likeness (QED) is 0.712. The Morgan fingerprint density at radius 2 is 1.74 bits per heavy atom. The molecule has 0 unspecified atom stereocenters. The molecule has 2 heterocycles. The van der Waals surface area contributed by atoms with E-state index in [4.69, 9.17) is 0 Å². The van der Waals surface area contributed by atoms with E-state index >= 15 is 0 Å². The SMILES string of the molecule is O=C(CCCc1ccccc1)Nc1c2c(nn1-c1ccccc1)C[S@@](=O)C2. The van der Waals surface area contributed by atoms with Crippen LogP contribution in [0.15, 0.2) is 60.7 Å². The Labute approximate surface area is 160 Å². The van der Waals surface area contributed by atoms with Crippen molar-refractivity contribution in [2.24, 2.45) is 0 Å². The third-order valence-corrected chi connectivity index (χ3v) is 5.85. The van der Waals surface area contributed by atoms with E-state index < -0.39 is 10.8 Å². The van der Waals surface area contributed by atoms with E-state index in [-0.39, 0.29) is 5.91 Å². The number of aryl methyl sites for hydroxylation is 1. The number of carbonyl (C=O) groups excluding carboxylic acids is 1. The molecule has 4 rings (SSSR count). The summed E-state index contributed by atoms with van der Waals surface area (Å²) < 4.78 is 13.7. The number of nitrogens with one attached hydrogen (secondary N) is 1. The monoisotopic (exact) mass is 379 g/mol. The van der Waals surface area contributed by atoms with Crippen LogP contribution in [0, 0.1) is 0 Å². The fraction of sp³-hybridized carbons (Fsp3) is 0.238. The van der Waals surface area contributed by atoms with Crippen molar-refractivity contribution in [1.29, 1.82) is 0 Å². The van der Waals surface area contributed by atoms with Crippen molar-refractivity contribution >= 4 is 22.5 Å². The van der Waals surface area contributed by atoms with Gasteiger partial charge in [-0.1, -0.05) is 48.5 Å². The lowest BCUT2D eigenvalue weighted by Crippen LogP contribution is -2.16. The number of nitrogens with zero attached hydrogens (tertiary/aromatic N) is 2. The second-order valence-corrected chi connectivity index (χ2v) is 8.09. The Morgan fingerprint density at radius 3 is 2.48 bits per heavy atom. The van der Waals surface area contributed by atoms with Crippen molar-refractivity contribution < 1.29 is 9.00 Å². The molecule has 0 fully saturated rings. The number of rotatable bonds is 6.